The summed E-state index contributed by atoms with van der Waals surface area (Å²) in [4.78, 5) is 21.8. The number of hydrogen-bond acceptors (Lipinski definition) is 3. The molecule has 0 aromatic carbocycles. The first kappa shape index (κ1) is 11.7. The summed E-state index contributed by atoms with van der Waals surface area (Å²) >= 11 is 1.71. The van der Waals surface area contributed by atoms with Gasteiger partial charge in [-0.05, 0) is 32.3 Å². The van der Waals surface area contributed by atoms with Crippen LogP contribution < -0.4 is 0 Å². The molecule has 0 bridgehead atoms. The van der Waals surface area contributed by atoms with E-state index in [0.29, 0.717) is 6.42 Å². The Morgan fingerprint density at radius 3 is 2.25 bits per heavy atom. The molecular weight excluding hydrogens is 172 g/mol. The molecule has 2 nitrogen and oxygen atoms in total. The van der Waals surface area contributed by atoms with Crippen LogP contribution in [0.2, 0.25) is 0 Å². The Labute approximate surface area is 78.1 Å². The maximum absolute atomic E-state index is 11.0. The van der Waals surface area contributed by atoms with Crippen molar-refractivity contribution in [2.75, 3.05) is 12.0 Å². The molecule has 0 N–H and O–H groups in total. The Hall–Kier alpha value is -0.310. The van der Waals surface area contributed by atoms with Gasteiger partial charge in [-0.3, -0.25) is 4.79 Å². The summed E-state index contributed by atoms with van der Waals surface area (Å²) in [6.07, 6.45) is 3.25. The van der Waals surface area contributed by atoms with Gasteiger partial charge in [0.2, 0.25) is 0 Å². The topological polar surface area (TPSA) is 34.1 Å². The van der Waals surface area contributed by atoms with Crippen molar-refractivity contribution in [2.24, 2.45) is 5.92 Å². The number of carbonyl (C=O) groups is 2. The predicted molar refractivity (Wildman–Crippen MR) is 52.5 cm³/mol. The third-order valence-electron chi connectivity index (χ3n) is 1.78. The highest BCUT2D eigenvalue weighted by Gasteiger charge is 2.15. The zero-order chi connectivity index (χ0) is 9.56. The molecule has 0 fully saturated rings. The van der Waals surface area contributed by atoms with Crippen molar-refractivity contribution >= 4 is 23.3 Å². The average Bonchev–Trinajstić information content (AvgIpc) is 1.96. The average molecular weight is 188 g/mol. The minimum absolute atomic E-state index is 0.0463. The van der Waals surface area contributed by atoms with E-state index in [2.05, 4.69) is 0 Å². The van der Waals surface area contributed by atoms with E-state index in [9.17, 15) is 9.59 Å². The zero-order valence-corrected chi connectivity index (χ0v) is 8.74. The van der Waals surface area contributed by atoms with Gasteiger partial charge in [-0.2, -0.15) is 11.8 Å². The molecule has 0 amide bonds. The number of thioether (sulfide) groups is 1. The molecule has 0 aromatic rings. The lowest BCUT2D eigenvalue weighted by molar-refractivity contribution is -0.125. The van der Waals surface area contributed by atoms with Gasteiger partial charge in [0.05, 0.1) is 0 Å². The highest BCUT2D eigenvalue weighted by molar-refractivity contribution is 7.98. The van der Waals surface area contributed by atoms with E-state index in [1.54, 1.807) is 18.7 Å². The van der Waals surface area contributed by atoms with Gasteiger partial charge >= 0.3 is 0 Å². The minimum atomic E-state index is -0.0463. The van der Waals surface area contributed by atoms with Gasteiger partial charge in [-0.25, -0.2) is 0 Å². The number of carbonyl (C=O) groups excluding carboxylic acids is 2. The zero-order valence-electron chi connectivity index (χ0n) is 7.92. The highest BCUT2D eigenvalue weighted by atomic mass is 32.2. The number of Topliss-reactive ketones (excluding diaryl/α,β-unsaturated/α-hetero) is 2. The van der Waals surface area contributed by atoms with Gasteiger partial charge in [-0.15, -0.1) is 0 Å². The first-order valence-electron chi connectivity index (χ1n) is 4.06. The first-order chi connectivity index (χ1) is 5.57. The van der Waals surface area contributed by atoms with Crippen LogP contribution in [0.25, 0.3) is 0 Å². The van der Waals surface area contributed by atoms with Crippen molar-refractivity contribution in [3.63, 3.8) is 0 Å². The molecule has 0 aromatic heterocycles. The molecule has 0 saturated heterocycles. The van der Waals surface area contributed by atoms with E-state index in [1.165, 1.54) is 6.92 Å². The SMILES string of the molecule is CSCC[C@@H](CC(C)=O)C(C)=O. The smallest absolute Gasteiger partial charge is 0.133 e. The Morgan fingerprint density at radius 2 is 1.92 bits per heavy atom. The van der Waals surface area contributed by atoms with Crippen molar-refractivity contribution < 1.29 is 9.59 Å². The third-order valence-corrected chi connectivity index (χ3v) is 2.42. The van der Waals surface area contributed by atoms with Crippen LogP contribution in [0.3, 0.4) is 0 Å². The van der Waals surface area contributed by atoms with Crippen LogP contribution in [0.5, 0.6) is 0 Å². The van der Waals surface area contributed by atoms with Crippen molar-refractivity contribution in [3.05, 3.63) is 0 Å². The van der Waals surface area contributed by atoms with Gasteiger partial charge in [0, 0.05) is 12.3 Å². The van der Waals surface area contributed by atoms with Gasteiger partial charge in [0.25, 0.3) is 0 Å². The van der Waals surface area contributed by atoms with Crippen LogP contribution in [0.4, 0.5) is 0 Å². The standard InChI is InChI=1S/C9H16O2S/c1-7(10)6-9(8(2)11)4-5-12-3/h9H,4-6H2,1-3H3/t9-/m0/s1. The molecule has 0 heterocycles. The van der Waals surface area contributed by atoms with Crippen molar-refractivity contribution in [3.8, 4) is 0 Å². The molecular formula is C9H16O2S. The summed E-state index contributed by atoms with van der Waals surface area (Å²) in [5.74, 6) is 1.16. The molecule has 0 saturated carbocycles. The first-order valence-corrected chi connectivity index (χ1v) is 5.46. The summed E-state index contributed by atoms with van der Waals surface area (Å²) in [6, 6.07) is 0. The fourth-order valence-electron chi connectivity index (χ4n) is 1.06. The third kappa shape index (κ3) is 5.35. The number of rotatable bonds is 6. The number of ketones is 2. The second-order valence-corrected chi connectivity index (χ2v) is 3.98. The summed E-state index contributed by atoms with van der Waals surface area (Å²) in [5, 5.41) is 0. The van der Waals surface area contributed by atoms with Crippen LogP contribution in [-0.4, -0.2) is 23.6 Å². The lowest BCUT2D eigenvalue weighted by atomic mass is 9.96. The Kier molecular flexibility index (Phi) is 6.07. The van der Waals surface area contributed by atoms with E-state index < -0.39 is 0 Å². The highest BCUT2D eigenvalue weighted by Crippen LogP contribution is 2.13. The fraction of sp³-hybridized carbons (Fsp3) is 0.778. The molecule has 0 aliphatic heterocycles. The van der Waals surface area contributed by atoms with Gasteiger partial charge in [-0.1, -0.05) is 0 Å². The molecule has 0 radical (unpaired) electrons. The number of hydrogen-bond donors (Lipinski definition) is 0. The molecule has 0 spiro atoms. The molecule has 3 heteroatoms. The molecule has 70 valence electrons. The monoisotopic (exact) mass is 188 g/mol. The van der Waals surface area contributed by atoms with E-state index in [0.717, 1.165) is 12.2 Å². The second kappa shape index (κ2) is 6.23. The van der Waals surface area contributed by atoms with Crippen LogP contribution in [0.15, 0.2) is 0 Å². The van der Waals surface area contributed by atoms with Crippen LogP contribution >= 0.6 is 11.8 Å². The van der Waals surface area contributed by atoms with Gasteiger partial charge in [0.15, 0.2) is 0 Å². The minimum Gasteiger partial charge on any atom is -0.300 e. The van der Waals surface area contributed by atoms with E-state index >= 15 is 0 Å². The molecule has 0 aliphatic rings. The molecule has 12 heavy (non-hydrogen) atoms. The van der Waals surface area contributed by atoms with Gasteiger partial charge in [0.1, 0.15) is 11.6 Å². The van der Waals surface area contributed by atoms with Crippen LogP contribution in [0, 0.1) is 5.92 Å². The van der Waals surface area contributed by atoms with Crippen LogP contribution in [0.1, 0.15) is 26.7 Å². The summed E-state index contributed by atoms with van der Waals surface area (Å²) in [5.41, 5.74) is 0. The van der Waals surface area contributed by atoms with Gasteiger partial charge < -0.3 is 4.79 Å². The maximum atomic E-state index is 11.0. The largest absolute Gasteiger partial charge is 0.300 e. The summed E-state index contributed by atoms with van der Waals surface area (Å²) in [7, 11) is 0. The predicted octanol–water partition coefficient (Wildman–Crippen LogP) is 1.92. The van der Waals surface area contributed by atoms with Crippen molar-refractivity contribution in [1.82, 2.24) is 0 Å². The normalized spacial score (nSPS) is 12.6. The second-order valence-electron chi connectivity index (χ2n) is 3.00. The molecule has 0 rings (SSSR count). The van der Waals surface area contributed by atoms with Crippen LogP contribution in [-0.2, 0) is 9.59 Å². The van der Waals surface area contributed by atoms with E-state index in [1.807, 2.05) is 6.26 Å². The Bertz CT molecular complexity index is 166. The summed E-state index contributed by atoms with van der Waals surface area (Å²) in [6.45, 7) is 3.10. The molecule has 1 atom stereocenters. The molecule has 0 aliphatic carbocycles. The van der Waals surface area contributed by atoms with Crippen molar-refractivity contribution in [1.29, 1.82) is 0 Å². The Balaban J connectivity index is 3.87. The quantitative estimate of drug-likeness (QED) is 0.638. The fourth-order valence-corrected chi connectivity index (χ4v) is 1.58. The Morgan fingerprint density at radius 1 is 1.33 bits per heavy atom. The lowest BCUT2D eigenvalue weighted by Gasteiger charge is -2.09. The summed E-state index contributed by atoms with van der Waals surface area (Å²) < 4.78 is 0. The van der Waals surface area contributed by atoms with E-state index in [4.69, 9.17) is 0 Å². The molecule has 0 unspecified atom stereocenters. The van der Waals surface area contributed by atoms with E-state index in [-0.39, 0.29) is 17.5 Å². The van der Waals surface area contributed by atoms with Crippen molar-refractivity contribution in [2.45, 2.75) is 26.7 Å². The maximum Gasteiger partial charge on any atom is 0.133 e. The lowest BCUT2D eigenvalue weighted by Crippen LogP contribution is -2.15.